The van der Waals surface area contributed by atoms with Crippen molar-refractivity contribution in [3.63, 3.8) is 0 Å². The molecule has 14 nitrogen and oxygen atoms in total. The van der Waals surface area contributed by atoms with Gasteiger partial charge in [0, 0.05) is 43.2 Å². The number of carbonyl (C=O) groups is 6. The highest BCUT2D eigenvalue weighted by Gasteiger charge is 2.20. The van der Waals surface area contributed by atoms with Crippen LogP contribution in [-0.2, 0) is 57.5 Å². The highest BCUT2D eigenvalue weighted by atomic mass is 35.8. The van der Waals surface area contributed by atoms with E-state index in [1.54, 1.807) is 83.4 Å². The number of alkyl halides is 2. The van der Waals surface area contributed by atoms with Crippen molar-refractivity contribution < 1.29 is 65.6 Å². The lowest BCUT2D eigenvalue weighted by Crippen LogP contribution is -2.08. The number of esters is 3. The predicted octanol–water partition coefficient (Wildman–Crippen LogP) is 16.2. The number of rotatable bonds is 18. The summed E-state index contributed by atoms with van der Waals surface area (Å²) in [7, 11) is 14.8. The maximum absolute atomic E-state index is 13.1. The summed E-state index contributed by atoms with van der Waals surface area (Å²) in [5, 5.41) is 8.64. The SMILES string of the molecule is CCOC(=O)c1[nH]cc(C(=O)Cc2cccc(F)c2)c1C.CCOC(=O)c1[nH]cc(CCc2cccc(F)c2)c1C.CCOC(=O)c1[nH]ccc1C.Cc1c(CCc2cccc(F)c2)c[nH]c1C(=O)O.ClCCl.O=C(Cl)Cc1cccc(F)c1.[Cl][Al]([Cl])[Cl]. The Morgan fingerprint density at radius 3 is 1.20 bits per heavy atom. The molecule has 0 aliphatic carbocycles. The zero-order chi connectivity index (χ0) is 65.9. The molecule has 5 N–H and O–H groups in total. The van der Waals surface area contributed by atoms with Crippen molar-refractivity contribution in [1.82, 2.24) is 19.9 Å². The van der Waals surface area contributed by atoms with Crippen LogP contribution >= 0.6 is 65.0 Å². The summed E-state index contributed by atoms with van der Waals surface area (Å²) in [5.74, 6) is -3.42. The molecule has 4 aromatic carbocycles. The van der Waals surface area contributed by atoms with Gasteiger partial charge < -0.3 is 39.3 Å². The van der Waals surface area contributed by atoms with Gasteiger partial charge in [0.2, 0.25) is 5.24 Å². The van der Waals surface area contributed by atoms with Crippen molar-refractivity contribution in [3.05, 3.63) is 235 Å². The standard InChI is InChI=1S/C16H16FNO3.C16H18FNO2.C14H14FNO2.C8H6ClFO.C8H11NO2.CH2Cl2.Al.3ClH/c1-3-21-16(20)15-10(2)13(9-18-15)14(19)8-11-5-4-6-12(17)7-11;1-3-20-16(19)15-11(2)13(10-18-15)8-7-12-5-4-6-14(17)9-12;1-9-11(8-16-13(9)14(17)18)6-5-10-3-2-4-12(15)7-10;9-8(11)5-6-2-1-3-7(10)4-6;1-3-11-8(10)7-6(2)4-5-9-7;2-1-3;;;;/h4-7,9,18H,3,8H2,1-2H3;4-6,9-10,18H,3,7-8H2,1-2H3;2-4,7-8,16H,5-6H2,1H3,(H,17,18);1-4H,5H2;4-5,9H,3H2,1-2H3;1H2;;3*1H/q;;;;;;+3;;;/p-3. The summed E-state index contributed by atoms with van der Waals surface area (Å²) in [5.41, 5.74) is 10.2. The minimum atomic E-state index is -1.72. The van der Waals surface area contributed by atoms with Gasteiger partial charge in [0.1, 0.15) is 46.0 Å². The minimum absolute atomic E-state index is 0.0821. The molecule has 0 saturated heterocycles. The Kier molecular flexibility index (Phi) is 37.1. The summed E-state index contributed by atoms with van der Waals surface area (Å²) in [6, 6.07) is 26.6. The second kappa shape index (κ2) is 42.2. The van der Waals surface area contributed by atoms with Crippen LogP contribution in [0.3, 0.4) is 0 Å². The molecule has 0 radical (unpaired) electrons. The summed E-state index contributed by atoms with van der Waals surface area (Å²) in [6.07, 6.45) is 9.78. The number of carbonyl (C=O) groups excluding carboxylic acids is 5. The fraction of sp³-hybridized carbons (Fsp3) is 0.270. The van der Waals surface area contributed by atoms with E-state index >= 15 is 0 Å². The molecule has 0 fully saturated rings. The number of carboxylic acids is 1. The molecule has 472 valence electrons. The molecule has 0 atom stereocenters. The van der Waals surface area contributed by atoms with E-state index in [1.807, 2.05) is 38.2 Å². The van der Waals surface area contributed by atoms with Crippen LogP contribution in [0.5, 0.6) is 0 Å². The molecule has 0 aliphatic rings. The van der Waals surface area contributed by atoms with Gasteiger partial charge in [-0.3, -0.25) is 9.59 Å². The Morgan fingerprint density at radius 1 is 0.489 bits per heavy atom. The number of carboxylic acid groups (broad SMARTS) is 1. The second-order valence-electron chi connectivity index (χ2n) is 18.3. The first-order chi connectivity index (χ1) is 41.8. The smallest absolute Gasteiger partial charge is 0.477 e. The molecular weight excluding hydrogens is 1290 g/mol. The van der Waals surface area contributed by atoms with E-state index in [2.05, 4.69) is 19.9 Å². The molecule has 8 rings (SSSR count). The average Bonchev–Trinajstić information content (AvgIpc) is 4.41. The van der Waals surface area contributed by atoms with Crippen molar-refractivity contribution >= 4 is 111 Å². The predicted molar refractivity (Wildman–Crippen MR) is 340 cm³/mol. The van der Waals surface area contributed by atoms with E-state index in [0.29, 0.717) is 59.7 Å². The Morgan fingerprint density at radius 2 is 0.841 bits per heavy atom. The van der Waals surface area contributed by atoms with Gasteiger partial charge in [0.15, 0.2) is 5.78 Å². The van der Waals surface area contributed by atoms with Crippen LogP contribution < -0.4 is 0 Å². The number of aromatic carboxylic acids is 1. The van der Waals surface area contributed by atoms with Crippen LogP contribution in [0.25, 0.3) is 0 Å². The third-order valence-corrected chi connectivity index (χ3v) is 12.3. The Balaban J connectivity index is 0.000000372. The highest BCUT2D eigenvalue weighted by Crippen LogP contribution is 2.20. The van der Waals surface area contributed by atoms with E-state index in [4.69, 9.17) is 84.3 Å². The van der Waals surface area contributed by atoms with Crippen molar-refractivity contribution in [2.24, 2.45) is 0 Å². The number of hydrogen-bond acceptors (Lipinski definition) is 9. The number of aryl methyl sites for hydroxylation is 5. The third-order valence-electron chi connectivity index (χ3n) is 12.2. The topological polar surface area (TPSA) is 213 Å². The quantitative estimate of drug-likeness (QED) is 0.0104. The lowest BCUT2D eigenvalue weighted by Gasteiger charge is -2.03. The Hall–Kier alpha value is -6.79. The minimum Gasteiger partial charge on any atom is -0.477 e. The van der Waals surface area contributed by atoms with Gasteiger partial charge in [-0.25, -0.2) is 66.9 Å². The molecule has 0 amide bonds. The van der Waals surface area contributed by atoms with Crippen LogP contribution in [-0.4, -0.2) is 96.5 Å². The van der Waals surface area contributed by atoms with Gasteiger partial charge in [-0.15, -0.1) is 23.2 Å². The summed E-state index contributed by atoms with van der Waals surface area (Å²) in [4.78, 5) is 79.2. The number of ether oxygens (including phenoxy) is 3. The summed E-state index contributed by atoms with van der Waals surface area (Å²) in [6.45, 7) is 13.5. The maximum atomic E-state index is 13.1. The van der Waals surface area contributed by atoms with E-state index in [1.165, 1.54) is 54.7 Å². The molecule has 25 heteroatoms. The molecule has 88 heavy (non-hydrogen) atoms. The highest BCUT2D eigenvalue weighted by molar-refractivity contribution is 7.54. The molecule has 0 aliphatic heterocycles. The Labute approximate surface area is 540 Å². The first-order valence-corrected chi connectivity index (χ1v) is 33.6. The number of H-pyrrole nitrogens is 4. The average molecular weight is 1360 g/mol. The third kappa shape index (κ3) is 29.0. The number of halogens is 10. The van der Waals surface area contributed by atoms with Crippen LogP contribution in [0.2, 0.25) is 0 Å². The number of aromatic amines is 4. The van der Waals surface area contributed by atoms with Crippen LogP contribution in [0.4, 0.5) is 17.6 Å². The molecule has 4 heterocycles. The lowest BCUT2D eigenvalue weighted by atomic mass is 10.0. The molecule has 0 bridgehead atoms. The van der Waals surface area contributed by atoms with Crippen molar-refractivity contribution in [3.8, 4) is 0 Å². The molecule has 0 saturated carbocycles. The van der Waals surface area contributed by atoms with Crippen molar-refractivity contribution in [2.75, 3.05) is 25.2 Å². The fourth-order valence-electron chi connectivity index (χ4n) is 7.98. The zero-order valence-corrected chi connectivity index (χ0v) is 54.9. The van der Waals surface area contributed by atoms with Gasteiger partial charge in [-0.1, -0.05) is 48.5 Å². The summed E-state index contributed by atoms with van der Waals surface area (Å²) >= 11 is 12.9. The fourth-order valence-corrected chi connectivity index (χ4v) is 8.13. The number of ketones is 1. The second-order valence-corrected chi connectivity index (χ2v) is 26.0. The molecular formula is C63H67AlCl6F4N4O10. The zero-order valence-electron chi connectivity index (χ0n) is 49.2. The van der Waals surface area contributed by atoms with Crippen molar-refractivity contribution in [2.45, 2.75) is 87.0 Å². The largest absolute Gasteiger partial charge is 0.643 e. The lowest BCUT2D eigenvalue weighted by molar-refractivity contribution is -0.111. The maximum Gasteiger partial charge on any atom is 0.643 e. The van der Waals surface area contributed by atoms with Gasteiger partial charge >= 0.3 is 35.3 Å². The number of hydrogen-bond donors (Lipinski definition) is 5. The van der Waals surface area contributed by atoms with Crippen LogP contribution in [0.15, 0.2) is 128 Å². The van der Waals surface area contributed by atoms with Crippen molar-refractivity contribution in [1.29, 1.82) is 0 Å². The van der Waals surface area contributed by atoms with E-state index < -0.39 is 28.6 Å². The molecule has 0 spiro atoms. The summed E-state index contributed by atoms with van der Waals surface area (Å²) < 4.78 is 66.4. The first-order valence-electron chi connectivity index (χ1n) is 26.9. The van der Waals surface area contributed by atoms with Gasteiger partial charge in [-0.2, -0.15) is 0 Å². The van der Waals surface area contributed by atoms with E-state index in [-0.39, 0.29) is 77.2 Å². The van der Waals surface area contributed by atoms with Crippen LogP contribution in [0, 0.1) is 51.0 Å². The molecule has 4 aromatic heterocycles. The van der Waals surface area contributed by atoms with Crippen LogP contribution in [0.1, 0.15) is 129 Å². The molecule has 8 aromatic rings. The number of nitrogens with one attached hydrogen (secondary N) is 4. The van der Waals surface area contributed by atoms with Gasteiger partial charge in [-0.05, 0) is 196 Å². The van der Waals surface area contributed by atoms with E-state index in [9.17, 15) is 46.3 Å². The van der Waals surface area contributed by atoms with E-state index in [0.717, 1.165) is 51.8 Å². The van der Waals surface area contributed by atoms with Gasteiger partial charge in [0.05, 0.1) is 25.2 Å². The number of benzene rings is 4. The number of aromatic nitrogens is 4. The Bertz CT molecular complexity index is 3480. The van der Waals surface area contributed by atoms with Gasteiger partial charge in [0.25, 0.3) is 0 Å². The first kappa shape index (κ1) is 77.3. The normalized spacial score (nSPS) is 9.97. The monoisotopic (exact) mass is 1350 g/mol. The molecule has 0 unspecified atom stereocenters. The number of Topliss-reactive ketones (excluding diaryl/α,β-unsaturated/α-hetero) is 1.